The number of rotatable bonds is 5. The molecule has 4 heteroatoms. The summed E-state index contributed by atoms with van der Waals surface area (Å²) in [7, 11) is 0. The first-order valence-corrected chi connectivity index (χ1v) is 11.5. The van der Waals surface area contributed by atoms with Gasteiger partial charge in [-0.05, 0) is 111 Å². The van der Waals surface area contributed by atoms with Crippen LogP contribution >= 0.6 is 0 Å². The van der Waals surface area contributed by atoms with Crippen LogP contribution in [0.5, 0.6) is 0 Å². The van der Waals surface area contributed by atoms with Crippen molar-refractivity contribution in [1.82, 2.24) is 0 Å². The van der Waals surface area contributed by atoms with Gasteiger partial charge in [-0.2, -0.15) is 0 Å². The quantitative estimate of drug-likeness (QED) is 0.255. The third-order valence-corrected chi connectivity index (χ3v) is 7.39. The summed E-state index contributed by atoms with van der Waals surface area (Å²) in [6.45, 7) is 2.07. The number of hydrogen-bond donors (Lipinski definition) is 0. The molecule has 0 spiro atoms. The molecule has 4 rings (SSSR count). The van der Waals surface area contributed by atoms with Crippen molar-refractivity contribution < 1.29 is 17.6 Å². The second kappa shape index (κ2) is 9.58. The SMILES string of the molecule is C/C=C/CCC1CCC(C2CCc3cc(-c4cc(F)c(F)c(F)c4)c(F)cc3C2)CC1. The largest absolute Gasteiger partial charge is 0.206 e. The van der Waals surface area contributed by atoms with E-state index in [0.29, 0.717) is 11.8 Å². The molecule has 0 radical (unpaired) electrons. The molecular weight excluding hydrogens is 400 g/mol. The second-order valence-electron chi connectivity index (χ2n) is 9.28. The van der Waals surface area contributed by atoms with E-state index in [-0.39, 0.29) is 11.1 Å². The fraction of sp³-hybridized carbons (Fsp3) is 0.481. The average molecular weight is 431 g/mol. The van der Waals surface area contributed by atoms with Gasteiger partial charge in [0.25, 0.3) is 0 Å². The first kappa shape index (κ1) is 22.1. The molecule has 2 aliphatic carbocycles. The number of fused-ring (bicyclic) bond motifs is 1. The Bertz CT molecular complexity index is 931. The Morgan fingerprint density at radius 2 is 1.52 bits per heavy atom. The van der Waals surface area contributed by atoms with Gasteiger partial charge < -0.3 is 0 Å². The predicted octanol–water partition coefficient (Wildman–Crippen LogP) is 8.18. The van der Waals surface area contributed by atoms with Crippen LogP contribution in [-0.2, 0) is 12.8 Å². The third-order valence-electron chi connectivity index (χ3n) is 7.39. The van der Waals surface area contributed by atoms with Crippen LogP contribution in [0.25, 0.3) is 11.1 Å². The van der Waals surface area contributed by atoms with Crippen LogP contribution in [0.2, 0.25) is 0 Å². The van der Waals surface area contributed by atoms with E-state index in [9.17, 15) is 17.6 Å². The summed E-state index contributed by atoms with van der Waals surface area (Å²) in [5, 5.41) is 0. The lowest BCUT2D eigenvalue weighted by Gasteiger charge is -2.36. The molecule has 166 valence electrons. The van der Waals surface area contributed by atoms with E-state index in [4.69, 9.17) is 0 Å². The van der Waals surface area contributed by atoms with Gasteiger partial charge in [0.1, 0.15) is 5.82 Å². The fourth-order valence-electron chi connectivity index (χ4n) is 5.59. The fourth-order valence-corrected chi connectivity index (χ4v) is 5.59. The van der Waals surface area contributed by atoms with Gasteiger partial charge in [0.2, 0.25) is 0 Å². The first-order chi connectivity index (χ1) is 15.0. The summed E-state index contributed by atoms with van der Waals surface area (Å²) in [5.41, 5.74) is 2.22. The van der Waals surface area contributed by atoms with Crippen molar-refractivity contribution in [2.24, 2.45) is 17.8 Å². The molecule has 2 aliphatic rings. The number of halogens is 4. The monoisotopic (exact) mass is 430 g/mol. The minimum atomic E-state index is -1.53. The Balaban J connectivity index is 1.45. The summed E-state index contributed by atoms with van der Waals surface area (Å²) >= 11 is 0. The van der Waals surface area contributed by atoms with E-state index in [0.717, 1.165) is 48.4 Å². The maximum Gasteiger partial charge on any atom is 0.194 e. The Hall–Kier alpha value is -2.10. The molecule has 2 aromatic rings. The van der Waals surface area contributed by atoms with E-state index in [2.05, 4.69) is 19.1 Å². The highest BCUT2D eigenvalue weighted by atomic mass is 19.2. The van der Waals surface area contributed by atoms with E-state index in [1.54, 1.807) is 6.07 Å². The molecule has 0 aliphatic heterocycles. The summed E-state index contributed by atoms with van der Waals surface area (Å²) in [5.74, 6) is -2.51. The minimum Gasteiger partial charge on any atom is -0.206 e. The second-order valence-corrected chi connectivity index (χ2v) is 9.28. The topological polar surface area (TPSA) is 0 Å². The molecule has 1 atom stereocenters. The molecule has 0 aromatic heterocycles. The van der Waals surface area contributed by atoms with Crippen molar-refractivity contribution in [2.75, 3.05) is 0 Å². The van der Waals surface area contributed by atoms with Crippen LogP contribution in [0.15, 0.2) is 36.4 Å². The smallest absolute Gasteiger partial charge is 0.194 e. The average Bonchev–Trinajstić information content (AvgIpc) is 2.77. The lowest BCUT2D eigenvalue weighted by molar-refractivity contribution is 0.185. The van der Waals surface area contributed by atoms with Crippen LogP contribution in [0, 0.1) is 41.0 Å². The summed E-state index contributed by atoms with van der Waals surface area (Å²) in [6, 6.07) is 4.96. The standard InChI is InChI=1S/C27H30F4/c1-2-3-4-5-17-6-8-18(9-7-17)19-10-11-20-13-23(24(28)14-21(20)12-19)22-15-25(29)27(31)26(30)16-22/h2-3,13-19H,4-12H2,1H3/b3-2+. The first-order valence-electron chi connectivity index (χ1n) is 11.5. The van der Waals surface area contributed by atoms with Crippen LogP contribution in [0.3, 0.4) is 0 Å². The number of aryl methyl sites for hydroxylation is 1. The zero-order valence-electron chi connectivity index (χ0n) is 18.1. The molecule has 0 heterocycles. The van der Waals surface area contributed by atoms with Crippen molar-refractivity contribution in [1.29, 1.82) is 0 Å². The van der Waals surface area contributed by atoms with Crippen LogP contribution in [0.1, 0.15) is 63.0 Å². The summed E-state index contributed by atoms with van der Waals surface area (Å²) in [6.07, 6.45) is 14.7. The van der Waals surface area contributed by atoms with E-state index in [1.807, 2.05) is 0 Å². The minimum absolute atomic E-state index is 0.0371. The van der Waals surface area contributed by atoms with Crippen molar-refractivity contribution >= 4 is 0 Å². The molecule has 1 unspecified atom stereocenters. The highest BCUT2D eigenvalue weighted by Crippen LogP contribution is 2.41. The molecule has 0 saturated heterocycles. The van der Waals surface area contributed by atoms with Crippen LogP contribution in [0.4, 0.5) is 17.6 Å². The Kier molecular flexibility index (Phi) is 6.83. The molecule has 2 aromatic carbocycles. The zero-order chi connectivity index (χ0) is 22.0. The van der Waals surface area contributed by atoms with Crippen molar-refractivity contribution in [3.05, 3.63) is 70.8 Å². The van der Waals surface area contributed by atoms with Gasteiger partial charge in [0.05, 0.1) is 0 Å². The summed E-state index contributed by atoms with van der Waals surface area (Å²) < 4.78 is 55.4. The Morgan fingerprint density at radius 1 is 0.806 bits per heavy atom. The zero-order valence-corrected chi connectivity index (χ0v) is 18.1. The highest BCUT2D eigenvalue weighted by molar-refractivity contribution is 5.66. The molecule has 31 heavy (non-hydrogen) atoms. The summed E-state index contributed by atoms with van der Waals surface area (Å²) in [4.78, 5) is 0. The van der Waals surface area contributed by atoms with Gasteiger partial charge in [-0.15, -0.1) is 0 Å². The Morgan fingerprint density at radius 3 is 2.19 bits per heavy atom. The van der Waals surface area contributed by atoms with Gasteiger partial charge in [-0.25, -0.2) is 17.6 Å². The Labute approximate surface area is 182 Å². The van der Waals surface area contributed by atoms with E-state index < -0.39 is 23.3 Å². The van der Waals surface area contributed by atoms with E-state index >= 15 is 0 Å². The van der Waals surface area contributed by atoms with Crippen LogP contribution in [-0.4, -0.2) is 0 Å². The van der Waals surface area contributed by atoms with Crippen molar-refractivity contribution in [2.45, 2.75) is 64.7 Å². The van der Waals surface area contributed by atoms with E-state index in [1.165, 1.54) is 44.6 Å². The molecule has 0 bridgehead atoms. The number of hydrogen-bond acceptors (Lipinski definition) is 0. The van der Waals surface area contributed by atoms with Gasteiger partial charge >= 0.3 is 0 Å². The van der Waals surface area contributed by atoms with Crippen molar-refractivity contribution in [3.63, 3.8) is 0 Å². The third kappa shape index (κ3) is 4.88. The normalized spacial score (nSPS) is 23.8. The molecule has 0 amide bonds. The predicted molar refractivity (Wildman–Crippen MR) is 117 cm³/mol. The molecule has 0 N–H and O–H groups in total. The number of allylic oxidation sites excluding steroid dienone is 2. The maximum atomic E-state index is 14.9. The lowest BCUT2D eigenvalue weighted by Crippen LogP contribution is -2.26. The van der Waals surface area contributed by atoms with Crippen molar-refractivity contribution in [3.8, 4) is 11.1 Å². The molecular formula is C27H30F4. The van der Waals surface area contributed by atoms with Gasteiger partial charge in [0.15, 0.2) is 17.5 Å². The molecule has 1 saturated carbocycles. The molecule has 1 fully saturated rings. The van der Waals surface area contributed by atoms with Gasteiger partial charge in [0, 0.05) is 5.56 Å². The molecule has 0 nitrogen and oxygen atoms in total. The number of benzene rings is 2. The highest BCUT2D eigenvalue weighted by Gasteiger charge is 2.30. The van der Waals surface area contributed by atoms with Gasteiger partial charge in [-0.1, -0.05) is 25.0 Å². The maximum absolute atomic E-state index is 14.9. The lowest BCUT2D eigenvalue weighted by atomic mass is 9.69. The van der Waals surface area contributed by atoms with Gasteiger partial charge in [-0.3, -0.25) is 0 Å². The van der Waals surface area contributed by atoms with Crippen LogP contribution < -0.4 is 0 Å².